The van der Waals surface area contributed by atoms with Crippen molar-refractivity contribution in [2.75, 3.05) is 37.4 Å². The van der Waals surface area contributed by atoms with E-state index in [1.807, 2.05) is 32.0 Å². The van der Waals surface area contributed by atoms with E-state index in [-0.39, 0.29) is 11.8 Å². The van der Waals surface area contributed by atoms with Crippen LogP contribution in [-0.2, 0) is 4.79 Å². The second-order valence-electron chi connectivity index (χ2n) is 4.98. The summed E-state index contributed by atoms with van der Waals surface area (Å²) in [5.41, 5.74) is 1.74. The molecule has 0 aromatic carbocycles. The van der Waals surface area contributed by atoms with E-state index < -0.39 is 0 Å². The first-order chi connectivity index (χ1) is 8.59. The Morgan fingerprint density at radius 2 is 2.28 bits per heavy atom. The van der Waals surface area contributed by atoms with Crippen molar-refractivity contribution in [2.24, 2.45) is 11.8 Å². The largest absolute Gasteiger partial charge is 0.376 e. The summed E-state index contributed by atoms with van der Waals surface area (Å²) in [5, 5.41) is 6.16. The van der Waals surface area contributed by atoms with E-state index in [1.165, 1.54) is 0 Å². The zero-order chi connectivity index (χ0) is 13.1. The van der Waals surface area contributed by atoms with Gasteiger partial charge in [0.15, 0.2) is 0 Å². The van der Waals surface area contributed by atoms with Crippen molar-refractivity contribution < 1.29 is 4.79 Å². The summed E-state index contributed by atoms with van der Waals surface area (Å²) in [6.45, 7) is 3.84. The predicted octanol–water partition coefficient (Wildman–Crippen LogP) is 0.942. The molecule has 1 aromatic rings. The van der Waals surface area contributed by atoms with Crippen LogP contribution >= 0.6 is 0 Å². The Bertz CT molecular complexity index is 429. The van der Waals surface area contributed by atoms with Gasteiger partial charge in [-0.15, -0.1) is 0 Å². The Labute approximate surface area is 108 Å². The maximum atomic E-state index is 12.1. The number of amides is 1. The van der Waals surface area contributed by atoms with Crippen LogP contribution in [0.3, 0.4) is 0 Å². The number of nitrogens with one attached hydrogen (secondary N) is 2. The molecule has 18 heavy (non-hydrogen) atoms. The second-order valence-corrected chi connectivity index (χ2v) is 4.98. The Morgan fingerprint density at radius 3 is 2.83 bits per heavy atom. The lowest BCUT2D eigenvalue weighted by atomic mass is 9.88. The summed E-state index contributed by atoms with van der Waals surface area (Å²) in [6.07, 6.45) is 3.42. The van der Waals surface area contributed by atoms with Gasteiger partial charge >= 0.3 is 0 Å². The van der Waals surface area contributed by atoms with Crippen molar-refractivity contribution >= 4 is 17.3 Å². The van der Waals surface area contributed by atoms with E-state index in [2.05, 4.69) is 15.6 Å². The van der Waals surface area contributed by atoms with Crippen molar-refractivity contribution in [1.29, 1.82) is 0 Å². The van der Waals surface area contributed by atoms with Gasteiger partial charge in [-0.1, -0.05) is 6.92 Å². The average molecular weight is 248 g/mol. The number of hydrogen-bond donors (Lipinski definition) is 2. The van der Waals surface area contributed by atoms with Crippen LogP contribution in [0.1, 0.15) is 6.92 Å². The first-order valence-corrected chi connectivity index (χ1v) is 6.22. The molecule has 5 nitrogen and oxygen atoms in total. The molecule has 2 heterocycles. The molecule has 1 aliphatic heterocycles. The summed E-state index contributed by atoms with van der Waals surface area (Å²) in [5.74, 6) is 0.545. The molecule has 1 saturated heterocycles. The average Bonchev–Trinajstić information content (AvgIpc) is 2.27. The highest BCUT2D eigenvalue weighted by atomic mass is 16.1. The summed E-state index contributed by atoms with van der Waals surface area (Å²) in [6, 6.07) is 1.89. The maximum absolute atomic E-state index is 12.1. The number of nitrogens with zero attached hydrogens (tertiary/aromatic N) is 2. The van der Waals surface area contributed by atoms with Crippen LogP contribution in [0.4, 0.5) is 11.4 Å². The quantitative estimate of drug-likeness (QED) is 0.832. The molecule has 1 fully saturated rings. The van der Waals surface area contributed by atoms with E-state index in [1.54, 1.807) is 12.4 Å². The van der Waals surface area contributed by atoms with Gasteiger partial charge in [-0.05, 0) is 25.1 Å². The van der Waals surface area contributed by atoms with Gasteiger partial charge in [-0.2, -0.15) is 0 Å². The highest BCUT2D eigenvalue weighted by Gasteiger charge is 2.29. The zero-order valence-electron chi connectivity index (χ0n) is 11.1. The smallest absolute Gasteiger partial charge is 0.227 e. The third-order valence-electron chi connectivity index (χ3n) is 3.47. The number of aromatic nitrogens is 1. The Balaban J connectivity index is 2.06. The minimum atomic E-state index is 0.0291. The molecule has 1 atom stereocenters. The lowest BCUT2D eigenvalue weighted by Crippen LogP contribution is -2.48. The van der Waals surface area contributed by atoms with Crippen molar-refractivity contribution in [2.45, 2.75) is 6.92 Å². The fourth-order valence-corrected chi connectivity index (χ4v) is 2.00. The molecule has 98 valence electrons. The van der Waals surface area contributed by atoms with E-state index in [4.69, 9.17) is 0 Å². The second kappa shape index (κ2) is 5.35. The number of rotatable bonds is 4. The van der Waals surface area contributed by atoms with Crippen molar-refractivity contribution in [3.63, 3.8) is 0 Å². The van der Waals surface area contributed by atoms with Gasteiger partial charge in [0.25, 0.3) is 0 Å². The summed E-state index contributed by atoms with van der Waals surface area (Å²) >= 11 is 0. The number of pyridine rings is 1. The summed E-state index contributed by atoms with van der Waals surface area (Å²) in [7, 11) is 3.90. The third-order valence-corrected chi connectivity index (χ3v) is 3.47. The van der Waals surface area contributed by atoms with E-state index in [0.717, 1.165) is 24.5 Å². The standard InChI is InChI=1S/C13H20N4O/c1-9(10-6-15-7-10)13(18)16-11-8-14-5-4-12(11)17(2)3/h4-5,8-10,15H,6-7H2,1-3H3,(H,16,18). The van der Waals surface area contributed by atoms with Crippen LogP contribution in [0.5, 0.6) is 0 Å². The highest BCUT2D eigenvalue weighted by molar-refractivity contribution is 5.95. The predicted molar refractivity (Wildman–Crippen MR) is 72.7 cm³/mol. The molecular weight excluding hydrogens is 228 g/mol. The fraction of sp³-hybridized carbons (Fsp3) is 0.538. The van der Waals surface area contributed by atoms with Crippen molar-refractivity contribution in [3.05, 3.63) is 18.5 Å². The molecule has 2 rings (SSSR count). The maximum Gasteiger partial charge on any atom is 0.227 e. The number of hydrogen-bond acceptors (Lipinski definition) is 4. The number of carbonyl (C=O) groups excluding carboxylic acids is 1. The van der Waals surface area contributed by atoms with Gasteiger partial charge in [-0.25, -0.2) is 0 Å². The topological polar surface area (TPSA) is 57.3 Å². The first-order valence-electron chi connectivity index (χ1n) is 6.22. The van der Waals surface area contributed by atoms with Gasteiger partial charge in [0.2, 0.25) is 5.91 Å². The van der Waals surface area contributed by atoms with Crippen LogP contribution in [0.2, 0.25) is 0 Å². The molecule has 1 aromatic heterocycles. The van der Waals surface area contributed by atoms with Crippen LogP contribution in [0, 0.1) is 11.8 Å². The van der Waals surface area contributed by atoms with Gasteiger partial charge in [0, 0.05) is 26.2 Å². The SMILES string of the molecule is CC(C(=O)Nc1cnccc1N(C)C)C1CNC1. The molecule has 0 aliphatic carbocycles. The number of anilines is 2. The molecule has 0 bridgehead atoms. The van der Waals surface area contributed by atoms with Crippen LogP contribution in [0.25, 0.3) is 0 Å². The van der Waals surface area contributed by atoms with E-state index >= 15 is 0 Å². The van der Waals surface area contributed by atoms with Crippen LogP contribution < -0.4 is 15.5 Å². The first kappa shape index (κ1) is 12.8. The van der Waals surface area contributed by atoms with E-state index in [0.29, 0.717) is 5.92 Å². The highest BCUT2D eigenvalue weighted by Crippen LogP contribution is 2.24. The lowest BCUT2D eigenvalue weighted by Gasteiger charge is -2.32. The molecule has 1 amide bonds. The van der Waals surface area contributed by atoms with Gasteiger partial charge in [0.1, 0.15) is 0 Å². The van der Waals surface area contributed by atoms with Gasteiger partial charge in [-0.3, -0.25) is 9.78 Å². The van der Waals surface area contributed by atoms with Gasteiger partial charge in [0.05, 0.1) is 17.6 Å². The molecule has 1 unspecified atom stereocenters. The molecule has 0 saturated carbocycles. The van der Waals surface area contributed by atoms with E-state index in [9.17, 15) is 4.79 Å². The molecule has 5 heteroatoms. The minimum absolute atomic E-state index is 0.0291. The van der Waals surface area contributed by atoms with Crippen molar-refractivity contribution in [1.82, 2.24) is 10.3 Å². The Hall–Kier alpha value is -1.62. The van der Waals surface area contributed by atoms with Crippen molar-refractivity contribution in [3.8, 4) is 0 Å². The zero-order valence-corrected chi connectivity index (χ0v) is 11.1. The molecule has 2 N–H and O–H groups in total. The molecular formula is C13H20N4O. The Kier molecular flexibility index (Phi) is 3.81. The fourth-order valence-electron chi connectivity index (χ4n) is 2.00. The third kappa shape index (κ3) is 2.61. The van der Waals surface area contributed by atoms with Crippen LogP contribution in [-0.4, -0.2) is 38.1 Å². The molecule has 0 radical (unpaired) electrons. The summed E-state index contributed by atoms with van der Waals surface area (Å²) < 4.78 is 0. The van der Waals surface area contributed by atoms with Gasteiger partial charge < -0.3 is 15.5 Å². The monoisotopic (exact) mass is 248 g/mol. The lowest BCUT2D eigenvalue weighted by molar-refractivity contribution is -0.121. The molecule has 1 aliphatic rings. The summed E-state index contributed by atoms with van der Waals surface area (Å²) in [4.78, 5) is 18.2. The normalized spacial score (nSPS) is 16.8. The molecule has 0 spiro atoms. The number of carbonyl (C=O) groups is 1. The Morgan fingerprint density at radius 1 is 1.56 bits per heavy atom. The minimum Gasteiger partial charge on any atom is -0.376 e. The van der Waals surface area contributed by atoms with Crippen LogP contribution in [0.15, 0.2) is 18.5 Å².